The van der Waals surface area contributed by atoms with Gasteiger partial charge in [-0.3, -0.25) is 0 Å². The number of hydrogen-bond acceptors (Lipinski definition) is 1. The van der Waals surface area contributed by atoms with Gasteiger partial charge in [-0.2, -0.15) is 0 Å². The Hall–Kier alpha value is -2.54. The summed E-state index contributed by atoms with van der Waals surface area (Å²) in [4.78, 5) is 0. The Morgan fingerprint density at radius 2 is 1.65 bits per heavy atom. The molecular formula is C22H20O. The molecule has 0 saturated carbocycles. The minimum atomic E-state index is 0.409. The van der Waals surface area contributed by atoms with Crippen molar-refractivity contribution in [2.45, 2.75) is 26.2 Å². The molecule has 1 heteroatoms. The second-order valence-electron chi connectivity index (χ2n) is 6.26. The van der Waals surface area contributed by atoms with E-state index in [2.05, 4.69) is 55.5 Å². The molecule has 23 heavy (non-hydrogen) atoms. The zero-order valence-electron chi connectivity index (χ0n) is 13.3. The van der Waals surface area contributed by atoms with E-state index >= 15 is 0 Å². The van der Waals surface area contributed by atoms with E-state index in [1.807, 2.05) is 12.1 Å². The van der Waals surface area contributed by atoms with Gasteiger partial charge in [0, 0.05) is 0 Å². The molecule has 0 saturated heterocycles. The lowest BCUT2D eigenvalue weighted by atomic mass is 9.94. The number of hydrogen-bond donors (Lipinski definition) is 1. The van der Waals surface area contributed by atoms with E-state index in [1.165, 1.54) is 33.4 Å². The normalized spacial score (nSPS) is 12.0. The lowest BCUT2D eigenvalue weighted by Crippen LogP contribution is -1.91. The van der Waals surface area contributed by atoms with Gasteiger partial charge in [-0.25, -0.2) is 0 Å². The number of aryl methyl sites for hydroxylation is 1. The molecule has 0 fully saturated rings. The van der Waals surface area contributed by atoms with Gasteiger partial charge in [0.15, 0.2) is 0 Å². The average molecular weight is 300 g/mol. The summed E-state index contributed by atoms with van der Waals surface area (Å²) in [6.07, 6.45) is 2.94. The molecule has 0 heterocycles. The zero-order chi connectivity index (χ0) is 15.8. The summed E-state index contributed by atoms with van der Waals surface area (Å²) in [6, 6.07) is 21.2. The number of phenols is 1. The van der Waals surface area contributed by atoms with Gasteiger partial charge in [0.25, 0.3) is 0 Å². The van der Waals surface area contributed by atoms with Gasteiger partial charge >= 0.3 is 0 Å². The van der Waals surface area contributed by atoms with Crippen molar-refractivity contribution in [1.29, 1.82) is 0 Å². The highest BCUT2D eigenvalue weighted by Gasteiger charge is 2.21. The summed E-state index contributed by atoms with van der Waals surface area (Å²) < 4.78 is 0. The van der Waals surface area contributed by atoms with Crippen LogP contribution in [0.15, 0.2) is 60.7 Å². The molecule has 0 unspecified atom stereocenters. The van der Waals surface area contributed by atoms with E-state index in [0.29, 0.717) is 5.75 Å². The molecule has 0 aliphatic heterocycles. The first-order valence-electron chi connectivity index (χ1n) is 8.30. The van der Waals surface area contributed by atoms with Crippen LogP contribution in [0.2, 0.25) is 0 Å². The summed E-state index contributed by atoms with van der Waals surface area (Å²) >= 11 is 0. The second-order valence-corrected chi connectivity index (χ2v) is 6.26. The van der Waals surface area contributed by atoms with Crippen molar-refractivity contribution in [1.82, 2.24) is 0 Å². The van der Waals surface area contributed by atoms with Gasteiger partial charge < -0.3 is 5.11 Å². The SMILES string of the molecule is CCCc1cc(-c2cccc3c2Cc2ccccc2-3)ccc1O. The Bertz CT molecular complexity index is 877. The third kappa shape index (κ3) is 2.33. The lowest BCUT2D eigenvalue weighted by molar-refractivity contribution is 0.467. The van der Waals surface area contributed by atoms with Crippen LogP contribution in [0.1, 0.15) is 30.0 Å². The summed E-state index contributed by atoms with van der Waals surface area (Å²) in [5.74, 6) is 0.409. The van der Waals surface area contributed by atoms with Crippen LogP contribution in [-0.2, 0) is 12.8 Å². The highest BCUT2D eigenvalue weighted by Crippen LogP contribution is 2.41. The van der Waals surface area contributed by atoms with Crippen molar-refractivity contribution in [3.05, 3.63) is 77.4 Å². The fraction of sp³-hybridized carbons (Fsp3) is 0.182. The monoisotopic (exact) mass is 300 g/mol. The Balaban J connectivity index is 1.85. The number of phenolic OH excluding ortho intramolecular Hbond substituents is 1. The molecule has 4 rings (SSSR count). The minimum Gasteiger partial charge on any atom is -0.508 e. The molecule has 3 aromatic rings. The number of fused-ring (bicyclic) bond motifs is 3. The van der Waals surface area contributed by atoms with Crippen molar-refractivity contribution >= 4 is 0 Å². The van der Waals surface area contributed by atoms with Gasteiger partial charge in [-0.1, -0.05) is 61.9 Å². The highest BCUT2D eigenvalue weighted by atomic mass is 16.3. The molecule has 0 amide bonds. The van der Waals surface area contributed by atoms with Gasteiger partial charge in [0.1, 0.15) is 5.75 Å². The quantitative estimate of drug-likeness (QED) is 0.523. The van der Waals surface area contributed by atoms with Crippen molar-refractivity contribution in [2.75, 3.05) is 0 Å². The van der Waals surface area contributed by atoms with Crippen LogP contribution in [-0.4, -0.2) is 5.11 Å². The summed E-state index contributed by atoms with van der Waals surface area (Å²) in [5, 5.41) is 10.0. The molecule has 0 spiro atoms. The maximum Gasteiger partial charge on any atom is 0.118 e. The van der Waals surface area contributed by atoms with Crippen LogP contribution in [0.25, 0.3) is 22.3 Å². The highest BCUT2D eigenvalue weighted by molar-refractivity contribution is 5.85. The van der Waals surface area contributed by atoms with Crippen LogP contribution in [0.5, 0.6) is 5.75 Å². The average Bonchev–Trinajstić information content (AvgIpc) is 2.96. The molecule has 1 aliphatic rings. The fourth-order valence-electron chi connectivity index (χ4n) is 3.65. The van der Waals surface area contributed by atoms with Gasteiger partial charge in [0.05, 0.1) is 0 Å². The molecule has 3 aromatic carbocycles. The van der Waals surface area contributed by atoms with Crippen molar-refractivity contribution in [3.8, 4) is 28.0 Å². The van der Waals surface area contributed by atoms with Gasteiger partial charge in [-0.05, 0) is 63.9 Å². The second kappa shape index (κ2) is 5.58. The molecule has 1 N–H and O–H groups in total. The van der Waals surface area contributed by atoms with E-state index in [-0.39, 0.29) is 0 Å². The van der Waals surface area contributed by atoms with E-state index in [0.717, 1.165) is 24.8 Å². The summed E-state index contributed by atoms with van der Waals surface area (Å²) in [5.41, 5.74) is 9.05. The fourth-order valence-corrected chi connectivity index (χ4v) is 3.65. The smallest absolute Gasteiger partial charge is 0.118 e. The Morgan fingerprint density at radius 3 is 2.52 bits per heavy atom. The van der Waals surface area contributed by atoms with Crippen LogP contribution in [0.3, 0.4) is 0 Å². The largest absolute Gasteiger partial charge is 0.508 e. The van der Waals surface area contributed by atoms with E-state index in [9.17, 15) is 5.11 Å². The van der Waals surface area contributed by atoms with Gasteiger partial charge in [0.2, 0.25) is 0 Å². The number of rotatable bonds is 3. The predicted octanol–water partition coefficient (Wildman–Crippen LogP) is 5.58. The van der Waals surface area contributed by atoms with Crippen molar-refractivity contribution in [2.24, 2.45) is 0 Å². The number of benzene rings is 3. The molecule has 0 aromatic heterocycles. The minimum absolute atomic E-state index is 0.409. The topological polar surface area (TPSA) is 20.2 Å². The maximum atomic E-state index is 10.0. The Morgan fingerprint density at radius 1 is 0.870 bits per heavy atom. The van der Waals surface area contributed by atoms with Crippen molar-refractivity contribution in [3.63, 3.8) is 0 Å². The lowest BCUT2D eigenvalue weighted by Gasteiger charge is -2.11. The van der Waals surface area contributed by atoms with Crippen LogP contribution >= 0.6 is 0 Å². The zero-order valence-corrected chi connectivity index (χ0v) is 13.3. The Labute approximate surface area is 137 Å². The van der Waals surface area contributed by atoms with Crippen LogP contribution in [0.4, 0.5) is 0 Å². The maximum absolute atomic E-state index is 10.0. The molecule has 0 bridgehead atoms. The van der Waals surface area contributed by atoms with E-state index in [4.69, 9.17) is 0 Å². The van der Waals surface area contributed by atoms with E-state index in [1.54, 1.807) is 0 Å². The molecule has 114 valence electrons. The molecule has 0 radical (unpaired) electrons. The molecule has 0 atom stereocenters. The van der Waals surface area contributed by atoms with Crippen molar-refractivity contribution < 1.29 is 5.11 Å². The first-order valence-corrected chi connectivity index (χ1v) is 8.30. The predicted molar refractivity (Wildman–Crippen MR) is 95.8 cm³/mol. The Kier molecular flexibility index (Phi) is 3.42. The number of aromatic hydroxyl groups is 1. The third-order valence-electron chi connectivity index (χ3n) is 4.76. The summed E-state index contributed by atoms with van der Waals surface area (Å²) in [7, 11) is 0. The van der Waals surface area contributed by atoms with Gasteiger partial charge in [-0.15, -0.1) is 0 Å². The first kappa shape index (κ1) is 14.1. The molecular weight excluding hydrogens is 280 g/mol. The third-order valence-corrected chi connectivity index (χ3v) is 4.76. The first-order chi connectivity index (χ1) is 11.3. The molecule has 1 nitrogen and oxygen atoms in total. The van der Waals surface area contributed by atoms with Crippen LogP contribution < -0.4 is 0 Å². The van der Waals surface area contributed by atoms with Crippen LogP contribution in [0, 0.1) is 0 Å². The molecule has 1 aliphatic carbocycles. The van der Waals surface area contributed by atoms with E-state index < -0.39 is 0 Å². The standard InChI is InChI=1S/C22H20O/c1-2-6-17-13-16(11-12-22(17)23)19-9-5-10-20-18-8-4-3-7-15(18)14-21(19)20/h3-5,7-13,23H,2,6,14H2,1H3. The summed E-state index contributed by atoms with van der Waals surface area (Å²) in [6.45, 7) is 2.14.